The van der Waals surface area contributed by atoms with Gasteiger partial charge in [0, 0.05) is 11.8 Å². The quantitative estimate of drug-likeness (QED) is 0.277. The van der Waals surface area contributed by atoms with Crippen LogP contribution < -0.4 is 14.4 Å². The van der Waals surface area contributed by atoms with E-state index in [1.54, 1.807) is 12.1 Å². The average molecular weight is 496 g/mol. The molecule has 3 aromatic rings. The van der Waals surface area contributed by atoms with Crippen LogP contribution in [0.4, 0.5) is 10.1 Å². The summed E-state index contributed by atoms with van der Waals surface area (Å²) in [5.74, 6) is -2.14. The van der Waals surface area contributed by atoms with E-state index in [9.17, 15) is 19.1 Å². The Balaban J connectivity index is 1.99. The van der Waals surface area contributed by atoms with Crippen molar-refractivity contribution in [1.82, 2.24) is 0 Å². The van der Waals surface area contributed by atoms with Crippen LogP contribution in [0.3, 0.4) is 0 Å². The van der Waals surface area contributed by atoms with Gasteiger partial charge in [0.25, 0.3) is 11.7 Å². The molecule has 0 radical (unpaired) electrons. The first kappa shape index (κ1) is 24.3. The lowest BCUT2D eigenvalue weighted by molar-refractivity contribution is -0.132. The number of aliphatic hydroxyl groups excluding tert-OH is 1. The Labute approximate surface area is 207 Å². The van der Waals surface area contributed by atoms with Gasteiger partial charge >= 0.3 is 0 Å². The highest BCUT2D eigenvalue weighted by Crippen LogP contribution is 2.45. The number of ketones is 1. The van der Waals surface area contributed by atoms with E-state index in [1.165, 1.54) is 55.5 Å². The molecule has 1 aliphatic heterocycles. The molecular weight excluding hydrogens is 473 g/mol. The molecular formula is C27H23ClFNO5. The standard InChI is InChI=1S/C27H23ClFNO5/c1-14-5-10-18(11-15(14)2)30-24(16-6-8-17(29)9-7-16)23(26(32)27(30)33)25(31)19-12-20(28)22(35-4)13-21(19)34-3/h5-13,24,31H,1-4H3/b25-23+. The zero-order chi connectivity index (χ0) is 25.4. The highest BCUT2D eigenvalue weighted by Gasteiger charge is 2.47. The summed E-state index contributed by atoms with van der Waals surface area (Å²) < 4.78 is 24.3. The van der Waals surface area contributed by atoms with E-state index in [2.05, 4.69) is 0 Å². The van der Waals surface area contributed by atoms with Crippen LogP contribution in [0.5, 0.6) is 11.5 Å². The Morgan fingerprint density at radius 1 is 0.943 bits per heavy atom. The number of anilines is 1. The fraction of sp³-hybridized carbons (Fsp3) is 0.185. The van der Waals surface area contributed by atoms with Crippen LogP contribution >= 0.6 is 11.6 Å². The molecule has 1 fully saturated rings. The molecule has 4 rings (SSSR count). The lowest BCUT2D eigenvalue weighted by atomic mass is 9.94. The fourth-order valence-corrected chi connectivity index (χ4v) is 4.37. The number of rotatable bonds is 5. The van der Waals surface area contributed by atoms with E-state index in [-0.39, 0.29) is 21.9 Å². The van der Waals surface area contributed by atoms with Gasteiger partial charge in [-0.15, -0.1) is 0 Å². The van der Waals surface area contributed by atoms with Gasteiger partial charge < -0.3 is 14.6 Å². The monoisotopic (exact) mass is 495 g/mol. The van der Waals surface area contributed by atoms with E-state index < -0.39 is 29.3 Å². The summed E-state index contributed by atoms with van der Waals surface area (Å²) in [5.41, 5.74) is 2.81. The van der Waals surface area contributed by atoms with Gasteiger partial charge in [-0.05, 0) is 60.9 Å². The number of hydrogen-bond acceptors (Lipinski definition) is 5. The van der Waals surface area contributed by atoms with E-state index >= 15 is 0 Å². The predicted octanol–water partition coefficient (Wildman–Crippen LogP) is 5.74. The number of methoxy groups -OCH3 is 2. The topological polar surface area (TPSA) is 76.1 Å². The van der Waals surface area contributed by atoms with Gasteiger partial charge in [-0.2, -0.15) is 0 Å². The summed E-state index contributed by atoms with van der Waals surface area (Å²) in [7, 11) is 2.83. The smallest absolute Gasteiger partial charge is 0.300 e. The summed E-state index contributed by atoms with van der Waals surface area (Å²) in [6.07, 6.45) is 0. The highest BCUT2D eigenvalue weighted by atomic mass is 35.5. The molecule has 0 aliphatic carbocycles. The Bertz CT molecular complexity index is 1370. The first-order valence-corrected chi connectivity index (χ1v) is 11.1. The largest absolute Gasteiger partial charge is 0.507 e. The minimum Gasteiger partial charge on any atom is -0.507 e. The molecule has 1 atom stereocenters. The van der Waals surface area contributed by atoms with Crippen molar-refractivity contribution in [3.63, 3.8) is 0 Å². The van der Waals surface area contributed by atoms with E-state index in [4.69, 9.17) is 21.1 Å². The van der Waals surface area contributed by atoms with Crippen molar-refractivity contribution < 1.29 is 28.6 Å². The fourth-order valence-electron chi connectivity index (χ4n) is 4.12. The Hall–Kier alpha value is -3.84. The number of halogens is 2. The molecule has 180 valence electrons. The molecule has 35 heavy (non-hydrogen) atoms. The number of Topliss-reactive ketones (excluding diaryl/α,β-unsaturated/α-hetero) is 1. The summed E-state index contributed by atoms with van der Waals surface area (Å²) in [6.45, 7) is 3.83. The predicted molar refractivity (Wildman–Crippen MR) is 132 cm³/mol. The van der Waals surface area contributed by atoms with Crippen molar-refractivity contribution in [1.29, 1.82) is 0 Å². The normalized spacial score (nSPS) is 17.1. The van der Waals surface area contributed by atoms with Gasteiger partial charge in [0.1, 0.15) is 23.1 Å². The summed E-state index contributed by atoms with van der Waals surface area (Å²) in [6, 6.07) is 12.7. The Morgan fingerprint density at radius 2 is 1.60 bits per heavy atom. The number of aryl methyl sites for hydroxylation is 2. The van der Waals surface area contributed by atoms with Crippen LogP contribution in [-0.2, 0) is 9.59 Å². The van der Waals surface area contributed by atoms with E-state index in [1.807, 2.05) is 19.9 Å². The zero-order valence-electron chi connectivity index (χ0n) is 19.6. The number of carbonyl (C=O) groups excluding carboxylic acids is 2. The lowest BCUT2D eigenvalue weighted by Crippen LogP contribution is -2.29. The molecule has 0 saturated carbocycles. The van der Waals surface area contributed by atoms with Gasteiger partial charge in [-0.3, -0.25) is 14.5 Å². The molecule has 1 saturated heterocycles. The minimum atomic E-state index is -1.01. The van der Waals surface area contributed by atoms with Gasteiger partial charge in [0.05, 0.1) is 36.4 Å². The number of carbonyl (C=O) groups is 2. The number of ether oxygens (including phenoxy) is 2. The summed E-state index contributed by atoms with van der Waals surface area (Å²) in [4.78, 5) is 27.9. The molecule has 1 unspecified atom stereocenters. The molecule has 0 spiro atoms. The average Bonchev–Trinajstić information content (AvgIpc) is 3.11. The molecule has 0 bridgehead atoms. The second-order valence-electron chi connectivity index (χ2n) is 8.18. The van der Waals surface area contributed by atoms with Crippen molar-refractivity contribution in [3.05, 3.63) is 93.3 Å². The maximum Gasteiger partial charge on any atom is 0.300 e. The lowest BCUT2D eigenvalue weighted by Gasteiger charge is -2.26. The van der Waals surface area contributed by atoms with Crippen LogP contribution in [0, 0.1) is 19.7 Å². The van der Waals surface area contributed by atoms with E-state index in [0.29, 0.717) is 17.0 Å². The number of hydrogen-bond donors (Lipinski definition) is 1. The molecule has 6 nitrogen and oxygen atoms in total. The van der Waals surface area contributed by atoms with Crippen LogP contribution in [0.1, 0.15) is 28.3 Å². The third-order valence-electron chi connectivity index (χ3n) is 6.13. The summed E-state index contributed by atoms with van der Waals surface area (Å²) >= 11 is 6.28. The molecule has 1 N–H and O–H groups in total. The molecule has 1 amide bonds. The van der Waals surface area contributed by atoms with Gasteiger partial charge in [0.2, 0.25) is 0 Å². The van der Waals surface area contributed by atoms with Crippen molar-refractivity contribution in [2.75, 3.05) is 19.1 Å². The number of nitrogens with zero attached hydrogens (tertiary/aromatic N) is 1. The van der Waals surface area contributed by atoms with Crippen molar-refractivity contribution in [2.24, 2.45) is 0 Å². The van der Waals surface area contributed by atoms with Crippen LogP contribution in [0.2, 0.25) is 5.02 Å². The molecule has 8 heteroatoms. The Kier molecular flexibility index (Phi) is 6.54. The molecule has 3 aromatic carbocycles. The maximum absolute atomic E-state index is 13.7. The first-order valence-electron chi connectivity index (χ1n) is 10.7. The molecule has 1 heterocycles. The van der Waals surface area contributed by atoms with Gasteiger partial charge in [0.15, 0.2) is 0 Å². The van der Waals surface area contributed by atoms with Gasteiger partial charge in [-0.25, -0.2) is 4.39 Å². The van der Waals surface area contributed by atoms with Crippen LogP contribution in [0.15, 0.2) is 60.2 Å². The number of benzene rings is 3. The number of amides is 1. The van der Waals surface area contributed by atoms with Gasteiger partial charge in [-0.1, -0.05) is 29.8 Å². The zero-order valence-corrected chi connectivity index (χ0v) is 20.3. The maximum atomic E-state index is 13.7. The molecule has 1 aliphatic rings. The third-order valence-corrected chi connectivity index (χ3v) is 6.42. The van der Waals surface area contributed by atoms with Crippen molar-refractivity contribution >= 4 is 34.7 Å². The third kappa shape index (κ3) is 4.23. The second-order valence-corrected chi connectivity index (χ2v) is 8.58. The second kappa shape index (κ2) is 9.43. The van der Waals surface area contributed by atoms with Crippen LogP contribution in [-0.4, -0.2) is 31.0 Å². The van der Waals surface area contributed by atoms with Crippen LogP contribution in [0.25, 0.3) is 5.76 Å². The Morgan fingerprint density at radius 3 is 2.20 bits per heavy atom. The highest BCUT2D eigenvalue weighted by molar-refractivity contribution is 6.51. The first-order chi connectivity index (χ1) is 16.7. The van der Waals surface area contributed by atoms with Crippen molar-refractivity contribution in [2.45, 2.75) is 19.9 Å². The number of aliphatic hydroxyl groups is 1. The van der Waals surface area contributed by atoms with E-state index in [0.717, 1.165) is 11.1 Å². The SMILES string of the molecule is COc1cc(OC)c(/C(O)=C2\C(=O)C(=O)N(c3ccc(C)c(C)c3)C2c2ccc(F)cc2)cc1Cl. The van der Waals surface area contributed by atoms with Crippen molar-refractivity contribution in [3.8, 4) is 11.5 Å². The minimum absolute atomic E-state index is 0.114. The molecule has 0 aromatic heterocycles. The summed E-state index contributed by atoms with van der Waals surface area (Å²) in [5, 5.41) is 11.6.